The molecule has 0 saturated carbocycles. The number of amides is 1. The van der Waals surface area contributed by atoms with Gasteiger partial charge in [-0.2, -0.15) is 5.10 Å². The largest absolute Gasteiger partial charge is 0.494 e. The Morgan fingerprint density at radius 2 is 1.73 bits per heavy atom. The summed E-state index contributed by atoms with van der Waals surface area (Å²) < 4.78 is 7.18. The van der Waals surface area contributed by atoms with Crippen molar-refractivity contribution in [2.75, 3.05) is 6.61 Å². The average Bonchev–Trinajstić information content (AvgIpc) is 3.16. The van der Waals surface area contributed by atoms with Crippen LogP contribution in [-0.2, 0) is 24.3 Å². The molecule has 0 aliphatic rings. The molecule has 3 aromatic rings. The zero-order valence-electron chi connectivity index (χ0n) is 14.8. The van der Waals surface area contributed by atoms with Gasteiger partial charge < -0.3 is 10.1 Å². The summed E-state index contributed by atoms with van der Waals surface area (Å²) in [7, 11) is 0. The van der Waals surface area contributed by atoms with Gasteiger partial charge in [-0.1, -0.05) is 36.4 Å². The van der Waals surface area contributed by atoms with Gasteiger partial charge in [0, 0.05) is 6.54 Å². The van der Waals surface area contributed by atoms with Gasteiger partial charge in [0.2, 0.25) is 5.91 Å². The van der Waals surface area contributed by atoms with Crippen molar-refractivity contribution in [3.63, 3.8) is 0 Å². The number of ether oxygens (including phenoxy) is 1. The first kappa shape index (κ1) is 17.7. The second-order valence-electron chi connectivity index (χ2n) is 5.94. The third-order valence-electron chi connectivity index (χ3n) is 3.92. The summed E-state index contributed by atoms with van der Waals surface area (Å²) in [6.45, 7) is 3.78. The molecular weight excluding hydrogens is 328 g/mol. The molecule has 1 N–H and O–H groups in total. The Bertz CT molecular complexity index is 812. The third kappa shape index (κ3) is 5.17. The maximum absolute atomic E-state index is 12.1. The molecule has 26 heavy (non-hydrogen) atoms. The van der Waals surface area contributed by atoms with Crippen molar-refractivity contribution in [1.82, 2.24) is 20.1 Å². The molecule has 0 atom stereocenters. The molecule has 0 aliphatic heterocycles. The van der Waals surface area contributed by atoms with E-state index in [2.05, 4.69) is 15.4 Å². The maximum Gasteiger partial charge on any atom is 0.224 e. The standard InChI is InChI=1S/C20H22N4O2/c1-2-26-19-9-7-16(8-10-19)11-20(25)22-12-17-3-5-18(6-4-17)13-24-15-21-14-23-24/h3-10,14-15H,2,11-13H2,1H3,(H,22,25). The molecule has 0 fully saturated rings. The van der Waals surface area contributed by atoms with E-state index in [0.29, 0.717) is 26.1 Å². The Morgan fingerprint density at radius 3 is 2.38 bits per heavy atom. The van der Waals surface area contributed by atoms with Crippen molar-refractivity contribution in [3.8, 4) is 5.75 Å². The lowest BCUT2D eigenvalue weighted by atomic mass is 10.1. The molecule has 0 saturated heterocycles. The highest BCUT2D eigenvalue weighted by Gasteiger charge is 2.04. The molecule has 2 aromatic carbocycles. The quantitative estimate of drug-likeness (QED) is 0.678. The molecule has 6 nitrogen and oxygen atoms in total. The number of nitrogens with zero attached hydrogens (tertiary/aromatic N) is 3. The predicted octanol–water partition coefficient (Wildman–Crippen LogP) is 2.58. The van der Waals surface area contributed by atoms with Crippen LogP contribution in [0.4, 0.5) is 0 Å². The number of hydrogen-bond acceptors (Lipinski definition) is 4. The van der Waals surface area contributed by atoms with E-state index in [-0.39, 0.29) is 5.91 Å². The monoisotopic (exact) mass is 350 g/mol. The molecule has 0 spiro atoms. The van der Waals surface area contributed by atoms with Crippen LogP contribution in [0, 0.1) is 0 Å². The molecule has 1 heterocycles. The van der Waals surface area contributed by atoms with E-state index in [4.69, 9.17) is 4.74 Å². The molecule has 134 valence electrons. The van der Waals surface area contributed by atoms with Gasteiger partial charge in [0.25, 0.3) is 0 Å². The third-order valence-corrected chi connectivity index (χ3v) is 3.92. The average molecular weight is 350 g/mol. The van der Waals surface area contributed by atoms with Crippen LogP contribution in [0.15, 0.2) is 61.2 Å². The SMILES string of the molecule is CCOc1ccc(CC(=O)NCc2ccc(Cn3cncn3)cc2)cc1. The first-order valence-electron chi connectivity index (χ1n) is 8.61. The number of hydrogen-bond donors (Lipinski definition) is 1. The summed E-state index contributed by atoms with van der Waals surface area (Å²) in [5, 5.41) is 7.04. The summed E-state index contributed by atoms with van der Waals surface area (Å²) in [6.07, 6.45) is 3.57. The minimum absolute atomic E-state index is 0.000789. The van der Waals surface area contributed by atoms with Crippen molar-refractivity contribution in [2.24, 2.45) is 0 Å². The van der Waals surface area contributed by atoms with Crippen molar-refractivity contribution < 1.29 is 9.53 Å². The van der Waals surface area contributed by atoms with E-state index < -0.39 is 0 Å². The minimum atomic E-state index is 0.000789. The van der Waals surface area contributed by atoms with E-state index in [9.17, 15) is 4.79 Å². The molecule has 1 amide bonds. The molecule has 0 aliphatic carbocycles. The Morgan fingerprint density at radius 1 is 1.04 bits per heavy atom. The maximum atomic E-state index is 12.1. The fraction of sp³-hybridized carbons (Fsp3) is 0.250. The Labute approximate surface area is 152 Å². The Kier molecular flexibility index (Phi) is 5.98. The van der Waals surface area contributed by atoms with Crippen LogP contribution in [0.3, 0.4) is 0 Å². The van der Waals surface area contributed by atoms with Crippen LogP contribution in [0.5, 0.6) is 5.75 Å². The molecular formula is C20H22N4O2. The Hall–Kier alpha value is -3.15. The molecule has 0 unspecified atom stereocenters. The van der Waals surface area contributed by atoms with Gasteiger partial charge in [-0.3, -0.25) is 4.79 Å². The predicted molar refractivity (Wildman–Crippen MR) is 98.7 cm³/mol. The zero-order chi connectivity index (χ0) is 18.2. The van der Waals surface area contributed by atoms with Crippen molar-refractivity contribution >= 4 is 5.91 Å². The molecule has 0 radical (unpaired) electrons. The number of carbonyl (C=O) groups is 1. The summed E-state index contributed by atoms with van der Waals surface area (Å²) in [5.74, 6) is 0.823. The van der Waals surface area contributed by atoms with Gasteiger partial charge in [0.1, 0.15) is 18.4 Å². The van der Waals surface area contributed by atoms with Gasteiger partial charge in [-0.05, 0) is 35.7 Å². The first-order chi connectivity index (χ1) is 12.7. The lowest BCUT2D eigenvalue weighted by Gasteiger charge is -2.08. The van der Waals surface area contributed by atoms with Crippen LogP contribution in [0.2, 0.25) is 0 Å². The summed E-state index contributed by atoms with van der Waals surface area (Å²) >= 11 is 0. The van der Waals surface area contributed by atoms with Crippen molar-refractivity contribution in [3.05, 3.63) is 77.9 Å². The van der Waals surface area contributed by atoms with Crippen LogP contribution in [0.25, 0.3) is 0 Å². The lowest BCUT2D eigenvalue weighted by Crippen LogP contribution is -2.24. The van der Waals surface area contributed by atoms with Gasteiger partial charge in [0.05, 0.1) is 19.6 Å². The fourth-order valence-electron chi connectivity index (χ4n) is 2.58. The van der Waals surface area contributed by atoms with Gasteiger partial charge >= 0.3 is 0 Å². The van der Waals surface area contributed by atoms with Crippen LogP contribution in [-0.4, -0.2) is 27.3 Å². The summed E-state index contributed by atoms with van der Waals surface area (Å²) in [5.41, 5.74) is 3.17. The van der Waals surface area contributed by atoms with Crippen LogP contribution >= 0.6 is 0 Å². The molecule has 0 bridgehead atoms. The molecule has 6 heteroatoms. The highest BCUT2D eigenvalue weighted by molar-refractivity contribution is 5.78. The normalized spacial score (nSPS) is 10.5. The number of benzene rings is 2. The van der Waals surface area contributed by atoms with Crippen LogP contribution < -0.4 is 10.1 Å². The van der Waals surface area contributed by atoms with Crippen LogP contribution in [0.1, 0.15) is 23.6 Å². The number of aromatic nitrogens is 3. The smallest absolute Gasteiger partial charge is 0.224 e. The van der Waals surface area contributed by atoms with E-state index in [1.807, 2.05) is 55.5 Å². The fourth-order valence-corrected chi connectivity index (χ4v) is 2.58. The van der Waals surface area contributed by atoms with E-state index in [1.54, 1.807) is 11.0 Å². The second-order valence-corrected chi connectivity index (χ2v) is 5.94. The zero-order valence-corrected chi connectivity index (χ0v) is 14.8. The summed E-state index contributed by atoms with van der Waals surface area (Å²) in [4.78, 5) is 16.0. The second kappa shape index (κ2) is 8.80. The van der Waals surface area contributed by atoms with Crippen molar-refractivity contribution in [1.29, 1.82) is 0 Å². The lowest BCUT2D eigenvalue weighted by molar-refractivity contribution is -0.120. The Balaban J connectivity index is 1.46. The van der Waals surface area contributed by atoms with E-state index >= 15 is 0 Å². The number of carbonyl (C=O) groups excluding carboxylic acids is 1. The number of rotatable bonds is 8. The molecule has 1 aromatic heterocycles. The van der Waals surface area contributed by atoms with E-state index in [1.165, 1.54) is 6.33 Å². The van der Waals surface area contributed by atoms with E-state index in [0.717, 1.165) is 22.4 Å². The van der Waals surface area contributed by atoms with Crippen molar-refractivity contribution in [2.45, 2.75) is 26.4 Å². The number of nitrogens with one attached hydrogen (secondary N) is 1. The minimum Gasteiger partial charge on any atom is -0.494 e. The van der Waals surface area contributed by atoms with Gasteiger partial charge in [-0.15, -0.1) is 0 Å². The topological polar surface area (TPSA) is 69.0 Å². The first-order valence-corrected chi connectivity index (χ1v) is 8.61. The van der Waals surface area contributed by atoms with Gasteiger partial charge in [-0.25, -0.2) is 9.67 Å². The highest BCUT2D eigenvalue weighted by atomic mass is 16.5. The summed E-state index contributed by atoms with van der Waals surface area (Å²) in [6, 6.07) is 15.7. The highest BCUT2D eigenvalue weighted by Crippen LogP contribution is 2.12. The van der Waals surface area contributed by atoms with Gasteiger partial charge in [0.15, 0.2) is 0 Å². The molecule has 3 rings (SSSR count).